The summed E-state index contributed by atoms with van der Waals surface area (Å²) in [5.74, 6) is 0.0928. The Morgan fingerprint density at radius 1 is 1.33 bits per heavy atom. The van der Waals surface area contributed by atoms with E-state index in [1.807, 2.05) is 6.92 Å². The van der Waals surface area contributed by atoms with E-state index in [1.165, 1.54) is 6.07 Å². The molecule has 2 unspecified atom stereocenters. The molecule has 0 heterocycles. The molecule has 0 amide bonds. The number of hydrogen-bond donors (Lipinski definition) is 2. The molecule has 1 aromatic rings. The van der Waals surface area contributed by atoms with Gasteiger partial charge in [0.2, 0.25) is 0 Å². The lowest BCUT2D eigenvalue weighted by molar-refractivity contribution is 0.0112. The van der Waals surface area contributed by atoms with E-state index in [1.54, 1.807) is 19.2 Å². The highest BCUT2D eigenvalue weighted by Gasteiger charge is 2.11. The van der Waals surface area contributed by atoms with Crippen LogP contribution < -0.4 is 10.1 Å². The van der Waals surface area contributed by atoms with Gasteiger partial charge in [-0.2, -0.15) is 0 Å². The maximum Gasteiger partial charge on any atom is 0.131 e. The van der Waals surface area contributed by atoms with Gasteiger partial charge in [-0.25, -0.2) is 4.39 Å². The molecular formula is C16H26FNO3. The van der Waals surface area contributed by atoms with Gasteiger partial charge in [0.1, 0.15) is 24.3 Å². The van der Waals surface area contributed by atoms with E-state index < -0.39 is 6.10 Å². The molecule has 0 aliphatic rings. The summed E-state index contributed by atoms with van der Waals surface area (Å²) in [5.41, 5.74) is 0.591. The summed E-state index contributed by atoms with van der Waals surface area (Å²) in [6, 6.07) is 4.68. The van der Waals surface area contributed by atoms with Gasteiger partial charge in [0.15, 0.2) is 0 Å². The van der Waals surface area contributed by atoms with Crippen molar-refractivity contribution in [2.75, 3.05) is 26.9 Å². The molecule has 1 aromatic carbocycles. The van der Waals surface area contributed by atoms with Crippen LogP contribution in [0.25, 0.3) is 0 Å². The molecule has 120 valence electrons. The van der Waals surface area contributed by atoms with Crippen molar-refractivity contribution >= 4 is 0 Å². The van der Waals surface area contributed by atoms with Gasteiger partial charge < -0.3 is 19.9 Å². The molecule has 0 bridgehead atoms. The van der Waals surface area contributed by atoms with E-state index in [0.29, 0.717) is 17.9 Å². The van der Waals surface area contributed by atoms with Gasteiger partial charge in [0.05, 0.1) is 6.61 Å². The molecule has 0 fully saturated rings. The number of hydrogen-bond acceptors (Lipinski definition) is 4. The predicted molar refractivity (Wildman–Crippen MR) is 81.1 cm³/mol. The summed E-state index contributed by atoms with van der Waals surface area (Å²) >= 11 is 0. The van der Waals surface area contributed by atoms with E-state index in [2.05, 4.69) is 12.2 Å². The minimum absolute atomic E-state index is 0.0587. The van der Waals surface area contributed by atoms with Crippen molar-refractivity contribution in [1.82, 2.24) is 5.32 Å². The van der Waals surface area contributed by atoms with Crippen LogP contribution in [-0.2, 0) is 4.74 Å². The zero-order valence-electron chi connectivity index (χ0n) is 13.1. The van der Waals surface area contributed by atoms with E-state index in [-0.39, 0.29) is 25.1 Å². The number of aliphatic hydroxyl groups is 1. The molecule has 0 saturated heterocycles. The largest absolute Gasteiger partial charge is 0.491 e. The summed E-state index contributed by atoms with van der Waals surface area (Å²) in [7, 11) is 1.78. The maximum absolute atomic E-state index is 13.9. The second-order valence-electron chi connectivity index (χ2n) is 5.09. The van der Waals surface area contributed by atoms with Crippen LogP contribution in [0.2, 0.25) is 0 Å². The topological polar surface area (TPSA) is 50.7 Å². The Morgan fingerprint density at radius 2 is 2.10 bits per heavy atom. The summed E-state index contributed by atoms with van der Waals surface area (Å²) in [6.07, 6.45) is 1.33. The highest BCUT2D eigenvalue weighted by molar-refractivity contribution is 5.30. The summed E-state index contributed by atoms with van der Waals surface area (Å²) < 4.78 is 24.6. The molecule has 0 aliphatic heterocycles. The average molecular weight is 299 g/mol. The third-order valence-electron chi connectivity index (χ3n) is 3.27. The quantitative estimate of drug-likeness (QED) is 0.652. The van der Waals surface area contributed by atoms with Crippen molar-refractivity contribution in [3.8, 4) is 5.75 Å². The number of benzene rings is 1. The van der Waals surface area contributed by atoms with E-state index >= 15 is 0 Å². The molecule has 0 aliphatic carbocycles. The van der Waals surface area contributed by atoms with Crippen molar-refractivity contribution < 1.29 is 19.0 Å². The van der Waals surface area contributed by atoms with Gasteiger partial charge in [0.25, 0.3) is 0 Å². The monoisotopic (exact) mass is 299 g/mol. The minimum Gasteiger partial charge on any atom is -0.491 e. The van der Waals surface area contributed by atoms with Gasteiger partial charge in [-0.3, -0.25) is 0 Å². The molecular weight excluding hydrogens is 273 g/mol. The van der Waals surface area contributed by atoms with Crippen LogP contribution in [0.5, 0.6) is 5.75 Å². The Morgan fingerprint density at radius 3 is 2.71 bits per heavy atom. The fourth-order valence-corrected chi connectivity index (χ4v) is 1.81. The van der Waals surface area contributed by atoms with Crippen molar-refractivity contribution in [3.63, 3.8) is 0 Å². The second kappa shape index (κ2) is 9.71. The Kier molecular flexibility index (Phi) is 8.27. The number of nitrogens with one attached hydrogen (secondary N) is 1. The first-order valence-electron chi connectivity index (χ1n) is 7.43. The SMILES string of the molecule is CCCCOCC(O)COc1ccc(C(C)NC)c(F)c1. The smallest absolute Gasteiger partial charge is 0.131 e. The Hall–Kier alpha value is -1.17. The lowest BCUT2D eigenvalue weighted by Gasteiger charge is -2.15. The lowest BCUT2D eigenvalue weighted by Crippen LogP contribution is -2.23. The minimum atomic E-state index is -0.708. The summed E-state index contributed by atoms with van der Waals surface area (Å²) in [5, 5.41) is 12.7. The molecule has 4 nitrogen and oxygen atoms in total. The molecule has 0 radical (unpaired) electrons. The van der Waals surface area contributed by atoms with Gasteiger partial charge in [0, 0.05) is 24.3 Å². The third kappa shape index (κ3) is 6.42. The highest BCUT2D eigenvalue weighted by Crippen LogP contribution is 2.21. The first-order valence-corrected chi connectivity index (χ1v) is 7.43. The zero-order chi connectivity index (χ0) is 15.7. The molecule has 21 heavy (non-hydrogen) atoms. The van der Waals surface area contributed by atoms with Crippen LogP contribution in [0.1, 0.15) is 38.3 Å². The number of rotatable bonds is 10. The normalized spacial score (nSPS) is 14.0. The molecule has 1 rings (SSSR count). The van der Waals surface area contributed by atoms with Crippen molar-refractivity contribution in [3.05, 3.63) is 29.6 Å². The van der Waals surface area contributed by atoms with Crippen LogP contribution in [0.15, 0.2) is 18.2 Å². The second-order valence-corrected chi connectivity index (χ2v) is 5.09. The third-order valence-corrected chi connectivity index (χ3v) is 3.27. The standard InChI is InChI=1S/C16H26FNO3/c1-4-5-8-20-10-13(19)11-21-14-6-7-15(12(2)18-3)16(17)9-14/h6-7,9,12-13,18-19H,4-5,8,10-11H2,1-3H3. The Labute approximate surface area is 126 Å². The van der Waals surface area contributed by atoms with E-state index in [4.69, 9.17) is 9.47 Å². The number of aliphatic hydroxyl groups excluding tert-OH is 1. The lowest BCUT2D eigenvalue weighted by atomic mass is 10.1. The van der Waals surface area contributed by atoms with E-state index in [0.717, 1.165) is 12.8 Å². The number of halogens is 1. The van der Waals surface area contributed by atoms with Crippen molar-refractivity contribution in [2.45, 2.75) is 38.8 Å². The highest BCUT2D eigenvalue weighted by atomic mass is 19.1. The van der Waals surface area contributed by atoms with Crippen LogP contribution >= 0.6 is 0 Å². The predicted octanol–water partition coefficient (Wildman–Crippen LogP) is 2.66. The van der Waals surface area contributed by atoms with E-state index in [9.17, 15) is 9.50 Å². The number of ether oxygens (including phenoxy) is 2. The van der Waals surface area contributed by atoms with Crippen molar-refractivity contribution in [1.29, 1.82) is 0 Å². The molecule has 0 spiro atoms. The van der Waals surface area contributed by atoms with Crippen molar-refractivity contribution in [2.24, 2.45) is 0 Å². The zero-order valence-corrected chi connectivity index (χ0v) is 13.1. The Bertz CT molecular complexity index is 415. The fraction of sp³-hybridized carbons (Fsp3) is 0.625. The number of unbranched alkanes of at least 4 members (excludes halogenated alkanes) is 1. The van der Waals surface area contributed by atoms with Gasteiger partial charge in [-0.1, -0.05) is 19.4 Å². The van der Waals surface area contributed by atoms with Crippen LogP contribution in [0.4, 0.5) is 4.39 Å². The van der Waals surface area contributed by atoms with Gasteiger partial charge in [-0.05, 0) is 26.5 Å². The van der Waals surface area contributed by atoms with Crippen LogP contribution in [-0.4, -0.2) is 38.1 Å². The molecule has 5 heteroatoms. The molecule has 2 N–H and O–H groups in total. The average Bonchev–Trinajstić information content (AvgIpc) is 2.49. The summed E-state index contributed by atoms with van der Waals surface area (Å²) in [6.45, 7) is 4.93. The van der Waals surface area contributed by atoms with Crippen LogP contribution in [0.3, 0.4) is 0 Å². The first-order chi connectivity index (χ1) is 10.1. The summed E-state index contributed by atoms with van der Waals surface area (Å²) in [4.78, 5) is 0. The molecule has 0 saturated carbocycles. The molecule has 0 aromatic heterocycles. The van der Waals surface area contributed by atoms with Gasteiger partial charge >= 0.3 is 0 Å². The fourth-order valence-electron chi connectivity index (χ4n) is 1.81. The Balaban J connectivity index is 2.40. The van der Waals surface area contributed by atoms with Gasteiger partial charge in [-0.15, -0.1) is 0 Å². The maximum atomic E-state index is 13.9. The molecule has 2 atom stereocenters. The first kappa shape index (κ1) is 17.9. The van der Waals surface area contributed by atoms with Crippen LogP contribution in [0, 0.1) is 5.82 Å².